The first-order chi connectivity index (χ1) is 14.3. The monoisotopic (exact) mass is 367 g/mol. The second-order valence-corrected chi connectivity index (χ2v) is 5.88. The van der Waals surface area contributed by atoms with E-state index in [9.17, 15) is 4.79 Å². The highest BCUT2D eigenvalue weighted by molar-refractivity contribution is 6.34. The van der Waals surface area contributed by atoms with Gasteiger partial charge in [0.1, 0.15) is 0 Å². The summed E-state index contributed by atoms with van der Waals surface area (Å²) in [5.41, 5.74) is 2.00. The smallest absolute Gasteiger partial charge is 0.259 e. The molecule has 0 radical (unpaired) electrons. The summed E-state index contributed by atoms with van der Waals surface area (Å²) in [5.74, 6) is -0.840. The number of carbonyl (C=O) groups excluding carboxylic acids is 1. The van der Waals surface area contributed by atoms with Crippen LogP contribution in [0.2, 0.25) is 5.02 Å². The van der Waals surface area contributed by atoms with Crippen molar-refractivity contribution in [2.45, 2.75) is 0 Å². The van der Waals surface area contributed by atoms with Crippen molar-refractivity contribution >= 4 is 34.4 Å². The van der Waals surface area contributed by atoms with Gasteiger partial charge in [-0.05, 0) is 18.2 Å². The van der Waals surface area contributed by atoms with Gasteiger partial charge in [0, 0.05) is 24.2 Å². The maximum Gasteiger partial charge on any atom is 0.259 e. The highest BCUT2D eigenvalue weighted by Crippen LogP contribution is 2.23. The molecule has 0 aliphatic carbocycles. The van der Waals surface area contributed by atoms with Gasteiger partial charge in [-0.2, -0.15) is 0 Å². The van der Waals surface area contributed by atoms with Crippen LogP contribution in [0.25, 0.3) is 22.2 Å². The minimum atomic E-state index is -0.825. The Hall–Kier alpha value is -3.25. The second kappa shape index (κ2) is 6.57. The molecule has 1 N–H and O–H groups in total. The molecule has 7 heteroatoms. The van der Waals surface area contributed by atoms with E-state index in [-0.39, 0.29) is 16.5 Å². The van der Waals surface area contributed by atoms with Crippen LogP contribution in [0, 0.1) is 0 Å². The van der Waals surface area contributed by atoms with Gasteiger partial charge in [-0.1, -0.05) is 35.8 Å². The van der Waals surface area contributed by atoms with Gasteiger partial charge in [-0.15, -0.1) is 0 Å². The summed E-state index contributed by atoms with van der Waals surface area (Å²) in [7, 11) is 1.88. The third kappa shape index (κ3) is 3.02. The molecule has 0 unspecified atom stereocenters. The maximum atomic E-state index is 12.7. The minimum absolute atomic E-state index is 0.0156. The van der Waals surface area contributed by atoms with Crippen LogP contribution in [0.5, 0.6) is 0 Å². The fourth-order valence-electron chi connectivity index (χ4n) is 2.50. The van der Waals surface area contributed by atoms with E-state index in [4.69, 9.17) is 17.1 Å². The Morgan fingerprint density at radius 3 is 2.92 bits per heavy atom. The predicted octanol–water partition coefficient (Wildman–Crippen LogP) is 3.94. The molecule has 0 aliphatic heterocycles. The number of amides is 1. The Morgan fingerprint density at radius 1 is 1.27 bits per heavy atom. The highest BCUT2D eigenvalue weighted by Gasteiger charge is 2.12. The Morgan fingerprint density at radius 2 is 2.12 bits per heavy atom. The molecule has 0 bridgehead atoms. The Labute approximate surface area is 160 Å². The summed E-state index contributed by atoms with van der Waals surface area (Å²) >= 11 is 6.00. The van der Waals surface area contributed by atoms with Gasteiger partial charge in [0.25, 0.3) is 5.91 Å². The lowest BCUT2D eigenvalue weighted by molar-refractivity contribution is 0.102. The van der Waals surface area contributed by atoms with Gasteiger partial charge in [-0.3, -0.25) is 10.1 Å². The van der Waals surface area contributed by atoms with E-state index in [1.807, 2.05) is 29.8 Å². The molecule has 2 aromatic carbocycles. The van der Waals surface area contributed by atoms with Crippen molar-refractivity contribution in [1.29, 1.82) is 0 Å². The molecule has 2 heterocycles. The molecule has 0 saturated heterocycles. The number of nitrogens with one attached hydrogen (secondary N) is 1. The lowest BCUT2D eigenvalue weighted by Crippen LogP contribution is -2.14. The number of rotatable bonds is 3. The molecule has 4 rings (SSSR count). The summed E-state index contributed by atoms with van der Waals surface area (Å²) in [4.78, 5) is 25.2. The van der Waals surface area contributed by atoms with Crippen LogP contribution in [-0.4, -0.2) is 25.4 Å². The fraction of sp³-hybridized carbons (Fsp3) is 0.0526. The molecule has 1 amide bonds. The molecule has 0 aliphatic rings. The summed E-state index contributed by atoms with van der Waals surface area (Å²) in [6.07, 6.45) is 4.97. The van der Waals surface area contributed by atoms with Gasteiger partial charge in [-0.25, -0.2) is 15.0 Å². The number of nitrogens with zero attached hydrogens (tertiary/aromatic N) is 4. The van der Waals surface area contributed by atoms with Crippen LogP contribution < -0.4 is 5.32 Å². The lowest BCUT2D eigenvalue weighted by Gasteiger charge is -2.07. The Kier molecular flexibility index (Phi) is 3.07. The summed E-state index contributed by atoms with van der Waals surface area (Å²) < 4.78 is 33.0. The topological polar surface area (TPSA) is 72.7 Å². The number of halogens is 1. The van der Waals surface area contributed by atoms with E-state index in [0.717, 1.165) is 16.6 Å². The summed E-state index contributed by atoms with van der Waals surface area (Å²) in [6, 6.07) is 3.54. The average Bonchev–Trinajstić information content (AvgIpc) is 3.16. The van der Waals surface area contributed by atoms with E-state index in [1.165, 1.54) is 0 Å². The van der Waals surface area contributed by atoms with Gasteiger partial charge in [0.05, 0.1) is 39.8 Å². The van der Waals surface area contributed by atoms with Crippen LogP contribution in [0.15, 0.2) is 61.1 Å². The third-order valence-electron chi connectivity index (χ3n) is 3.79. The molecule has 26 heavy (non-hydrogen) atoms. The molecule has 6 nitrogen and oxygen atoms in total. The number of anilines is 1. The normalized spacial score (nSPS) is 13.0. The van der Waals surface area contributed by atoms with Crippen molar-refractivity contribution in [1.82, 2.24) is 19.5 Å². The molecule has 0 saturated carbocycles. The molecular formula is C19H14ClN5O. The standard InChI is InChI=1S/C19H14ClN5O/c1-25-11-21-10-17(25)12-6-7-13-9-22-19(23-16(13)8-12)24-18(26)14-4-2-3-5-15(14)20/h2-11H,1H3,(H,22,23,24,26)/i2D,3D,4D,5D. The first-order valence-corrected chi connectivity index (χ1v) is 7.96. The van der Waals surface area contributed by atoms with Gasteiger partial charge >= 0.3 is 0 Å². The molecule has 2 aromatic heterocycles. The lowest BCUT2D eigenvalue weighted by atomic mass is 10.1. The first-order valence-electron chi connectivity index (χ1n) is 9.58. The number of imidazole rings is 1. The van der Waals surface area contributed by atoms with E-state index in [1.54, 1.807) is 18.7 Å². The zero-order valence-electron chi connectivity index (χ0n) is 17.5. The van der Waals surface area contributed by atoms with Crippen molar-refractivity contribution in [3.8, 4) is 11.3 Å². The van der Waals surface area contributed by atoms with Crippen molar-refractivity contribution in [3.05, 3.63) is 71.7 Å². The number of carbonyl (C=O) groups is 1. The molecule has 0 atom stereocenters. The van der Waals surface area contributed by atoms with Crippen LogP contribution in [-0.2, 0) is 7.05 Å². The maximum absolute atomic E-state index is 12.7. The number of hydrogen-bond acceptors (Lipinski definition) is 4. The Balaban J connectivity index is 1.71. The van der Waals surface area contributed by atoms with E-state index < -0.39 is 30.1 Å². The van der Waals surface area contributed by atoms with Crippen LogP contribution in [0.4, 0.5) is 5.95 Å². The number of aromatic nitrogens is 4. The van der Waals surface area contributed by atoms with Crippen molar-refractivity contribution in [2.75, 3.05) is 5.32 Å². The SMILES string of the molecule is [2H]c1c([2H])c([2H])c(C(=O)Nc2ncc3ccc(-c4cncn4C)cc3n2)c(Cl)c1[2H]. The van der Waals surface area contributed by atoms with E-state index in [2.05, 4.69) is 20.3 Å². The van der Waals surface area contributed by atoms with Crippen LogP contribution >= 0.6 is 11.6 Å². The molecule has 0 spiro atoms. The zero-order valence-corrected chi connectivity index (χ0v) is 14.3. The molecule has 128 valence electrons. The van der Waals surface area contributed by atoms with Crippen molar-refractivity contribution in [3.63, 3.8) is 0 Å². The fourth-order valence-corrected chi connectivity index (χ4v) is 2.68. The van der Waals surface area contributed by atoms with Crippen molar-refractivity contribution in [2.24, 2.45) is 7.05 Å². The molecule has 0 fully saturated rings. The van der Waals surface area contributed by atoms with Gasteiger partial charge in [0.15, 0.2) is 0 Å². The van der Waals surface area contributed by atoms with Crippen LogP contribution in [0.3, 0.4) is 0 Å². The second-order valence-electron chi connectivity index (χ2n) is 5.50. The van der Waals surface area contributed by atoms with Crippen molar-refractivity contribution < 1.29 is 10.3 Å². The number of aryl methyl sites for hydroxylation is 1. The molecular weight excluding hydrogens is 350 g/mol. The largest absolute Gasteiger partial charge is 0.334 e. The third-order valence-corrected chi connectivity index (χ3v) is 4.07. The average molecular weight is 368 g/mol. The Bertz CT molecular complexity index is 1300. The molecule has 4 aromatic rings. The van der Waals surface area contributed by atoms with Crippen LogP contribution in [0.1, 0.15) is 15.8 Å². The summed E-state index contributed by atoms with van der Waals surface area (Å²) in [5, 5.41) is 2.86. The minimum Gasteiger partial charge on any atom is -0.334 e. The number of fused-ring (bicyclic) bond motifs is 1. The highest BCUT2D eigenvalue weighted by atomic mass is 35.5. The van der Waals surface area contributed by atoms with E-state index >= 15 is 0 Å². The zero-order chi connectivity index (χ0) is 21.6. The van der Waals surface area contributed by atoms with E-state index in [0.29, 0.717) is 5.52 Å². The van der Waals surface area contributed by atoms with Gasteiger partial charge in [0.2, 0.25) is 5.95 Å². The summed E-state index contributed by atoms with van der Waals surface area (Å²) in [6.45, 7) is 0. The van der Waals surface area contributed by atoms with Gasteiger partial charge < -0.3 is 4.57 Å². The number of hydrogen-bond donors (Lipinski definition) is 1. The first kappa shape index (κ1) is 12.2. The quantitative estimate of drug-likeness (QED) is 0.595. The number of benzene rings is 2. The predicted molar refractivity (Wildman–Crippen MR) is 101 cm³/mol.